The van der Waals surface area contributed by atoms with Gasteiger partial charge in [-0.3, -0.25) is 4.79 Å². The number of imidazole rings is 1. The number of H-pyrrole nitrogens is 1. The van der Waals surface area contributed by atoms with Crippen LogP contribution in [0.2, 0.25) is 0 Å². The summed E-state index contributed by atoms with van der Waals surface area (Å²) in [5.41, 5.74) is 7.28. The predicted octanol–water partition coefficient (Wildman–Crippen LogP) is 3.10. The van der Waals surface area contributed by atoms with Gasteiger partial charge in [0.05, 0.1) is 6.33 Å². The molecule has 0 aromatic carbocycles. The molecule has 0 bridgehead atoms. The number of hydrogen-bond donors (Lipinski definition) is 3. The van der Waals surface area contributed by atoms with Crippen LogP contribution < -0.4 is 5.73 Å². The number of anilines is 1. The number of rotatable bonds is 9. The van der Waals surface area contributed by atoms with Crippen molar-refractivity contribution in [2.24, 2.45) is 5.92 Å². The molecule has 0 aliphatic carbocycles. The number of carbonyl (C=O) groups is 1. The molecule has 0 saturated carbocycles. The van der Waals surface area contributed by atoms with Crippen LogP contribution in [-0.4, -0.2) is 31.0 Å². The highest BCUT2D eigenvalue weighted by atomic mass is 16.4. The van der Waals surface area contributed by atoms with E-state index in [1.807, 2.05) is 0 Å². The second kappa shape index (κ2) is 7.89. The monoisotopic (exact) mass is 319 g/mol. The minimum atomic E-state index is -0.733. The van der Waals surface area contributed by atoms with Gasteiger partial charge in [0.2, 0.25) is 0 Å². The molecule has 2 rings (SSSR count). The van der Waals surface area contributed by atoms with Crippen LogP contribution in [-0.2, 0) is 4.79 Å². The Morgan fingerprint density at radius 1 is 1.30 bits per heavy atom. The lowest BCUT2D eigenvalue weighted by atomic mass is 9.91. The Kier molecular flexibility index (Phi) is 5.90. The van der Waals surface area contributed by atoms with Crippen LogP contribution in [0.4, 0.5) is 5.82 Å². The minimum Gasteiger partial charge on any atom is -0.481 e. The standard InChI is InChI=1S/C16H25N5O2/c1-10(2)8-11(6-4-3-5-7-12(22)23)15-20-14(17)13-16(21-15)19-9-18-13/h9-11H,3-8H2,1-2H3,(H,22,23)(H3,17,18,19,20,21). The molecule has 7 heteroatoms. The Morgan fingerprint density at radius 3 is 2.78 bits per heavy atom. The second-order valence-corrected chi connectivity index (χ2v) is 6.39. The van der Waals surface area contributed by atoms with E-state index in [4.69, 9.17) is 10.8 Å². The fourth-order valence-corrected chi connectivity index (χ4v) is 2.82. The molecule has 7 nitrogen and oxygen atoms in total. The van der Waals surface area contributed by atoms with Crippen molar-refractivity contribution in [3.63, 3.8) is 0 Å². The van der Waals surface area contributed by atoms with E-state index in [1.54, 1.807) is 6.33 Å². The number of fused-ring (bicyclic) bond motifs is 1. The number of carboxylic acids is 1. The van der Waals surface area contributed by atoms with E-state index >= 15 is 0 Å². The maximum Gasteiger partial charge on any atom is 0.303 e. The summed E-state index contributed by atoms with van der Waals surface area (Å²) in [4.78, 5) is 26.7. The number of carboxylic acid groups (broad SMARTS) is 1. The molecule has 0 spiro atoms. The third kappa shape index (κ3) is 4.91. The SMILES string of the molecule is CC(C)CC(CCCCCC(=O)O)c1nc(N)c2[nH]cnc2n1. The van der Waals surface area contributed by atoms with Gasteiger partial charge in [0.25, 0.3) is 0 Å². The van der Waals surface area contributed by atoms with E-state index < -0.39 is 5.97 Å². The van der Waals surface area contributed by atoms with Crippen molar-refractivity contribution in [2.75, 3.05) is 5.73 Å². The molecule has 2 aromatic rings. The number of aliphatic carboxylic acids is 1. The van der Waals surface area contributed by atoms with Gasteiger partial charge in [-0.25, -0.2) is 15.0 Å². The fraction of sp³-hybridized carbons (Fsp3) is 0.625. The highest BCUT2D eigenvalue weighted by Crippen LogP contribution is 2.29. The molecular weight excluding hydrogens is 294 g/mol. The first kappa shape index (κ1) is 17.2. The quantitative estimate of drug-likeness (QED) is 0.611. The van der Waals surface area contributed by atoms with Crippen molar-refractivity contribution in [1.82, 2.24) is 19.9 Å². The molecular formula is C16H25N5O2. The Bertz CT molecular complexity index is 653. The zero-order valence-electron chi connectivity index (χ0n) is 13.7. The van der Waals surface area contributed by atoms with Gasteiger partial charge in [-0.05, 0) is 25.2 Å². The first-order chi connectivity index (χ1) is 11.0. The van der Waals surface area contributed by atoms with Gasteiger partial charge >= 0.3 is 5.97 Å². The summed E-state index contributed by atoms with van der Waals surface area (Å²) in [6.07, 6.45) is 6.31. The van der Waals surface area contributed by atoms with E-state index in [0.29, 0.717) is 29.3 Å². The van der Waals surface area contributed by atoms with Crippen molar-refractivity contribution >= 4 is 23.0 Å². The molecule has 1 atom stereocenters. The minimum absolute atomic E-state index is 0.225. The average molecular weight is 319 g/mol. The highest BCUT2D eigenvalue weighted by Gasteiger charge is 2.19. The van der Waals surface area contributed by atoms with Crippen molar-refractivity contribution in [3.05, 3.63) is 12.2 Å². The van der Waals surface area contributed by atoms with Crippen molar-refractivity contribution < 1.29 is 9.90 Å². The number of nitrogens with two attached hydrogens (primary N) is 1. The molecule has 1 unspecified atom stereocenters. The molecule has 0 saturated heterocycles. The Labute approximate surface area is 135 Å². The third-order valence-corrected chi connectivity index (χ3v) is 3.90. The zero-order chi connectivity index (χ0) is 16.8. The van der Waals surface area contributed by atoms with Crippen LogP contribution in [0.3, 0.4) is 0 Å². The Balaban J connectivity index is 2.05. The number of unbranched alkanes of at least 4 members (excludes halogenated alkanes) is 2. The van der Waals surface area contributed by atoms with E-state index in [0.717, 1.165) is 31.5 Å². The lowest BCUT2D eigenvalue weighted by Crippen LogP contribution is -2.10. The van der Waals surface area contributed by atoms with Gasteiger partial charge in [-0.15, -0.1) is 0 Å². The fourth-order valence-electron chi connectivity index (χ4n) is 2.82. The summed E-state index contributed by atoms with van der Waals surface area (Å²) in [6.45, 7) is 4.35. The maximum atomic E-state index is 10.6. The normalized spacial score (nSPS) is 12.8. The molecule has 0 radical (unpaired) electrons. The lowest BCUT2D eigenvalue weighted by molar-refractivity contribution is -0.137. The van der Waals surface area contributed by atoms with Gasteiger partial charge in [-0.1, -0.05) is 26.7 Å². The van der Waals surface area contributed by atoms with Crippen LogP contribution >= 0.6 is 0 Å². The molecule has 0 aliphatic heterocycles. The van der Waals surface area contributed by atoms with Crippen molar-refractivity contribution in [1.29, 1.82) is 0 Å². The number of nitrogen functional groups attached to an aromatic ring is 1. The number of nitrogens with zero attached hydrogens (tertiary/aromatic N) is 3. The predicted molar refractivity (Wildman–Crippen MR) is 89.0 cm³/mol. The first-order valence-electron chi connectivity index (χ1n) is 8.15. The molecule has 0 fully saturated rings. The number of aromatic amines is 1. The number of hydrogen-bond acceptors (Lipinski definition) is 5. The smallest absolute Gasteiger partial charge is 0.303 e. The number of nitrogens with one attached hydrogen (secondary N) is 1. The molecule has 4 N–H and O–H groups in total. The van der Waals surface area contributed by atoms with E-state index in [2.05, 4.69) is 33.8 Å². The molecule has 0 amide bonds. The summed E-state index contributed by atoms with van der Waals surface area (Å²) < 4.78 is 0. The van der Waals surface area contributed by atoms with Gasteiger partial charge in [0.15, 0.2) is 11.5 Å². The molecule has 0 aliphatic rings. The van der Waals surface area contributed by atoms with Gasteiger partial charge in [0, 0.05) is 12.3 Å². The summed E-state index contributed by atoms with van der Waals surface area (Å²) in [7, 11) is 0. The van der Waals surface area contributed by atoms with Crippen molar-refractivity contribution in [2.45, 2.75) is 58.3 Å². The van der Waals surface area contributed by atoms with Crippen LogP contribution in [0, 0.1) is 5.92 Å². The summed E-state index contributed by atoms with van der Waals surface area (Å²) >= 11 is 0. The van der Waals surface area contributed by atoms with Crippen LogP contribution in [0.25, 0.3) is 11.2 Å². The molecule has 23 heavy (non-hydrogen) atoms. The first-order valence-corrected chi connectivity index (χ1v) is 8.15. The Hall–Kier alpha value is -2.18. The van der Waals surface area contributed by atoms with Crippen LogP contribution in [0.15, 0.2) is 6.33 Å². The summed E-state index contributed by atoms with van der Waals surface area (Å²) in [6, 6.07) is 0. The topological polar surface area (TPSA) is 118 Å². The number of aromatic nitrogens is 4. The second-order valence-electron chi connectivity index (χ2n) is 6.39. The lowest BCUT2D eigenvalue weighted by Gasteiger charge is -2.18. The van der Waals surface area contributed by atoms with Crippen LogP contribution in [0.5, 0.6) is 0 Å². The maximum absolute atomic E-state index is 10.6. The van der Waals surface area contributed by atoms with E-state index in [-0.39, 0.29) is 12.3 Å². The third-order valence-electron chi connectivity index (χ3n) is 3.90. The molecule has 126 valence electrons. The molecule has 2 heterocycles. The van der Waals surface area contributed by atoms with Crippen LogP contribution in [0.1, 0.15) is 64.1 Å². The largest absolute Gasteiger partial charge is 0.481 e. The van der Waals surface area contributed by atoms with E-state index in [1.165, 1.54) is 0 Å². The molecule has 2 aromatic heterocycles. The van der Waals surface area contributed by atoms with Gasteiger partial charge < -0.3 is 15.8 Å². The summed E-state index contributed by atoms with van der Waals surface area (Å²) in [5.74, 6) is 1.20. The Morgan fingerprint density at radius 2 is 2.09 bits per heavy atom. The van der Waals surface area contributed by atoms with Crippen molar-refractivity contribution in [3.8, 4) is 0 Å². The van der Waals surface area contributed by atoms with Gasteiger partial charge in [-0.2, -0.15) is 0 Å². The van der Waals surface area contributed by atoms with E-state index in [9.17, 15) is 4.79 Å². The van der Waals surface area contributed by atoms with Gasteiger partial charge in [0.1, 0.15) is 11.3 Å². The highest BCUT2D eigenvalue weighted by molar-refractivity contribution is 5.80. The average Bonchev–Trinajstić information content (AvgIpc) is 2.94. The zero-order valence-corrected chi connectivity index (χ0v) is 13.7. The summed E-state index contributed by atoms with van der Waals surface area (Å²) in [5, 5.41) is 8.69.